The third-order valence-corrected chi connectivity index (χ3v) is 0. The van der Waals surface area contributed by atoms with Gasteiger partial charge >= 0.3 is 8.25 Å². The van der Waals surface area contributed by atoms with Crippen LogP contribution in [0.1, 0.15) is 0 Å². The van der Waals surface area contributed by atoms with E-state index in [1.165, 1.54) is 0 Å². The molecule has 0 saturated carbocycles. The normalized spacial score (nSPS) is 5.83. The van der Waals surface area contributed by atoms with Gasteiger partial charge in [-0.15, -0.1) is 34.0 Å². The summed E-state index contributed by atoms with van der Waals surface area (Å²) in [5.41, 5.74) is 0. The molecule has 0 aromatic heterocycles. The highest BCUT2D eigenvalue weighted by atomic mass is 79.9. The second kappa shape index (κ2) is 9.44. The zero-order valence-corrected chi connectivity index (χ0v) is 7.05. The predicted molar refractivity (Wildman–Crippen MR) is 34.1 cm³/mol. The summed E-state index contributed by atoms with van der Waals surface area (Å²) in [6, 6.07) is 0. The molecule has 0 rings (SSSR count). The second-order valence-electron chi connectivity index (χ2n) is 0.283. The van der Waals surface area contributed by atoms with Crippen molar-refractivity contribution in [1.29, 1.82) is 0 Å². The molecule has 0 aromatic carbocycles. The molecule has 6 heteroatoms. The molecule has 0 fully saturated rings. The summed E-state index contributed by atoms with van der Waals surface area (Å²) in [5.74, 6) is 0. The van der Waals surface area contributed by atoms with Crippen molar-refractivity contribution in [3.05, 3.63) is 0 Å². The zero-order valence-electron chi connectivity index (χ0n) is 2.62. The van der Waals surface area contributed by atoms with Gasteiger partial charge in [-0.05, 0) is 0 Å². The van der Waals surface area contributed by atoms with E-state index in [4.69, 9.17) is 14.4 Å². The van der Waals surface area contributed by atoms with Crippen LogP contribution in [-0.2, 0) is 4.57 Å². The quantitative estimate of drug-likeness (QED) is 0.610. The number of hydrogen-bond acceptors (Lipinski definition) is 1. The van der Waals surface area contributed by atoms with Crippen LogP contribution in [0.3, 0.4) is 0 Å². The van der Waals surface area contributed by atoms with Crippen LogP contribution in [0.25, 0.3) is 0 Å². The Morgan fingerprint density at radius 1 is 1.17 bits per heavy atom. The molecule has 0 radical (unpaired) electrons. The van der Waals surface area contributed by atoms with Gasteiger partial charge < -0.3 is 9.79 Å². The average Bonchev–Trinajstić information content (AvgIpc) is 0.811. The number of hydrogen-bond donors (Lipinski definition) is 2. The van der Waals surface area contributed by atoms with E-state index < -0.39 is 8.25 Å². The fourth-order valence-corrected chi connectivity index (χ4v) is 0. The Labute approximate surface area is 56.9 Å². The van der Waals surface area contributed by atoms with Gasteiger partial charge in [-0.1, -0.05) is 0 Å². The van der Waals surface area contributed by atoms with E-state index in [0.29, 0.717) is 0 Å². The highest BCUT2D eigenvalue weighted by Gasteiger charge is 1.61. The largest absolute Gasteiger partial charge is 0.326 e. The lowest BCUT2D eigenvalue weighted by atomic mass is 15.8. The van der Waals surface area contributed by atoms with Gasteiger partial charge in [0.25, 0.3) is 0 Å². The van der Waals surface area contributed by atoms with E-state index in [9.17, 15) is 0 Å². The molecule has 0 heterocycles. The molecular formula is H5Br2O3P. The smallest absolute Gasteiger partial charge is 0.314 e. The van der Waals surface area contributed by atoms with Crippen LogP contribution in [0.15, 0.2) is 0 Å². The Hall–Kier alpha value is 1.11. The maximum Gasteiger partial charge on any atom is 0.314 e. The Bertz CT molecular complexity index is 31.8. The lowest BCUT2D eigenvalue weighted by Crippen LogP contribution is -1.38. The van der Waals surface area contributed by atoms with Gasteiger partial charge in [0.15, 0.2) is 0 Å². The molecule has 0 bridgehead atoms. The predicted octanol–water partition coefficient (Wildman–Crippen LogP) is 0.517. The van der Waals surface area contributed by atoms with Gasteiger partial charge in [-0.3, -0.25) is 4.57 Å². The first kappa shape index (κ1) is 15.7. The zero-order chi connectivity index (χ0) is 3.58. The molecule has 0 aliphatic rings. The first-order valence-corrected chi connectivity index (χ1v) is 1.95. The molecule has 0 aliphatic carbocycles. The van der Waals surface area contributed by atoms with Crippen molar-refractivity contribution < 1.29 is 14.4 Å². The maximum absolute atomic E-state index is 8.74. The van der Waals surface area contributed by atoms with Gasteiger partial charge in [0.2, 0.25) is 0 Å². The summed E-state index contributed by atoms with van der Waals surface area (Å²) >= 11 is 0. The summed E-state index contributed by atoms with van der Waals surface area (Å²) < 4.78 is 8.74. The van der Waals surface area contributed by atoms with Crippen LogP contribution in [0.4, 0.5) is 0 Å². The standard InChI is InChI=1S/2BrH.H3O3P/c;;1-4(2)3/h2*1H;4H,(H2,1,2,3). The summed E-state index contributed by atoms with van der Waals surface area (Å²) in [6.45, 7) is 0. The minimum absolute atomic E-state index is 0. The van der Waals surface area contributed by atoms with Crippen LogP contribution in [0, 0.1) is 0 Å². The molecule has 0 spiro atoms. The maximum atomic E-state index is 8.74. The summed E-state index contributed by atoms with van der Waals surface area (Å²) in [7, 11) is -3.13. The molecule has 0 saturated heterocycles. The molecule has 0 aromatic rings. The van der Waals surface area contributed by atoms with E-state index in [2.05, 4.69) is 0 Å². The molecule has 0 unspecified atom stereocenters. The van der Waals surface area contributed by atoms with E-state index in [1.54, 1.807) is 0 Å². The molecular weight excluding hydrogens is 239 g/mol. The van der Waals surface area contributed by atoms with Crippen molar-refractivity contribution in [2.24, 2.45) is 0 Å². The third-order valence-electron chi connectivity index (χ3n) is 0. The van der Waals surface area contributed by atoms with Crippen molar-refractivity contribution in [3.8, 4) is 0 Å². The third kappa shape index (κ3) is 70.1. The van der Waals surface area contributed by atoms with Crippen LogP contribution < -0.4 is 0 Å². The van der Waals surface area contributed by atoms with Crippen molar-refractivity contribution >= 4 is 42.2 Å². The van der Waals surface area contributed by atoms with Crippen LogP contribution >= 0.6 is 42.2 Å². The van der Waals surface area contributed by atoms with Crippen molar-refractivity contribution in [2.75, 3.05) is 0 Å². The number of halogens is 2. The van der Waals surface area contributed by atoms with Gasteiger partial charge in [0.05, 0.1) is 0 Å². The molecule has 2 N–H and O–H groups in total. The molecule has 0 atom stereocenters. The SMILES string of the molecule is Br.Br.O=[PH](O)O. The monoisotopic (exact) mass is 242 g/mol. The van der Waals surface area contributed by atoms with Crippen molar-refractivity contribution in [2.45, 2.75) is 0 Å². The van der Waals surface area contributed by atoms with Gasteiger partial charge in [-0.25, -0.2) is 0 Å². The Kier molecular flexibility index (Phi) is 24.7. The topological polar surface area (TPSA) is 57.5 Å². The van der Waals surface area contributed by atoms with Crippen molar-refractivity contribution in [1.82, 2.24) is 0 Å². The molecule has 3 nitrogen and oxygen atoms in total. The van der Waals surface area contributed by atoms with E-state index >= 15 is 0 Å². The van der Waals surface area contributed by atoms with Gasteiger partial charge in [0, 0.05) is 0 Å². The van der Waals surface area contributed by atoms with E-state index in [1.807, 2.05) is 0 Å². The lowest BCUT2D eigenvalue weighted by Gasteiger charge is -1.61. The van der Waals surface area contributed by atoms with Crippen LogP contribution in [0.5, 0.6) is 0 Å². The summed E-state index contributed by atoms with van der Waals surface area (Å²) in [6.07, 6.45) is 0. The molecule has 42 valence electrons. The van der Waals surface area contributed by atoms with Crippen LogP contribution in [-0.4, -0.2) is 9.79 Å². The fraction of sp³-hybridized carbons (Fsp3) is 0. The summed E-state index contributed by atoms with van der Waals surface area (Å²) in [4.78, 5) is 14.3. The lowest BCUT2D eigenvalue weighted by molar-refractivity contribution is 0.405. The van der Waals surface area contributed by atoms with Gasteiger partial charge in [-0.2, -0.15) is 0 Å². The Morgan fingerprint density at radius 2 is 1.17 bits per heavy atom. The van der Waals surface area contributed by atoms with Gasteiger partial charge in [0.1, 0.15) is 0 Å². The minimum Gasteiger partial charge on any atom is -0.326 e. The van der Waals surface area contributed by atoms with E-state index in [-0.39, 0.29) is 34.0 Å². The number of rotatable bonds is 0. The second-order valence-corrected chi connectivity index (χ2v) is 0.848. The first-order chi connectivity index (χ1) is 1.73. The minimum atomic E-state index is -3.13. The van der Waals surface area contributed by atoms with Crippen LogP contribution in [0.2, 0.25) is 0 Å². The Morgan fingerprint density at radius 3 is 1.17 bits per heavy atom. The molecule has 0 aliphatic heterocycles. The highest BCUT2D eigenvalue weighted by Crippen LogP contribution is 1.98. The Balaban J connectivity index is -0.0000000450. The molecule has 6 heavy (non-hydrogen) atoms. The van der Waals surface area contributed by atoms with Crippen molar-refractivity contribution in [3.63, 3.8) is 0 Å². The highest BCUT2D eigenvalue weighted by molar-refractivity contribution is 8.93. The average molecular weight is 244 g/mol. The first-order valence-electron chi connectivity index (χ1n) is 0.651. The summed E-state index contributed by atoms with van der Waals surface area (Å²) in [5, 5.41) is 0. The molecule has 0 amide bonds. The van der Waals surface area contributed by atoms with E-state index in [0.717, 1.165) is 0 Å². The fourth-order valence-electron chi connectivity index (χ4n) is 0.